The number of amides is 2. The SMILES string of the molecule is Cc1cccc(NC(=O)CNC(=O)COc2ccc(F)c(Cl)c2)c1C. The molecule has 0 aliphatic carbocycles. The smallest absolute Gasteiger partial charge is 0.258 e. The molecule has 0 saturated heterocycles. The molecule has 0 aliphatic heterocycles. The summed E-state index contributed by atoms with van der Waals surface area (Å²) in [5.74, 6) is -1.12. The Morgan fingerprint density at radius 3 is 2.64 bits per heavy atom. The van der Waals surface area contributed by atoms with Crippen LogP contribution in [0.1, 0.15) is 11.1 Å². The van der Waals surface area contributed by atoms with Crippen LogP contribution in [0.15, 0.2) is 36.4 Å². The molecule has 0 unspecified atom stereocenters. The maximum atomic E-state index is 13.0. The number of carbonyl (C=O) groups is 2. The van der Waals surface area contributed by atoms with Crippen molar-refractivity contribution in [2.75, 3.05) is 18.5 Å². The van der Waals surface area contributed by atoms with E-state index in [-0.39, 0.29) is 29.8 Å². The molecule has 2 amide bonds. The van der Waals surface area contributed by atoms with E-state index in [4.69, 9.17) is 16.3 Å². The molecule has 132 valence electrons. The minimum atomic E-state index is -0.568. The quantitative estimate of drug-likeness (QED) is 0.827. The zero-order valence-corrected chi connectivity index (χ0v) is 14.6. The molecule has 7 heteroatoms. The summed E-state index contributed by atoms with van der Waals surface area (Å²) in [5.41, 5.74) is 2.74. The van der Waals surface area contributed by atoms with E-state index >= 15 is 0 Å². The normalized spacial score (nSPS) is 10.2. The first-order valence-corrected chi connectivity index (χ1v) is 7.95. The summed E-state index contributed by atoms with van der Waals surface area (Å²) in [6.45, 7) is 3.37. The van der Waals surface area contributed by atoms with Gasteiger partial charge in [0.05, 0.1) is 11.6 Å². The molecule has 0 heterocycles. The second kappa shape index (κ2) is 8.48. The molecule has 2 rings (SSSR count). The zero-order chi connectivity index (χ0) is 18.4. The molecule has 0 saturated carbocycles. The van der Waals surface area contributed by atoms with Gasteiger partial charge in [-0.25, -0.2) is 4.39 Å². The summed E-state index contributed by atoms with van der Waals surface area (Å²) in [7, 11) is 0. The van der Waals surface area contributed by atoms with Crippen LogP contribution >= 0.6 is 11.6 Å². The summed E-state index contributed by atoms with van der Waals surface area (Å²) in [4.78, 5) is 23.6. The maximum absolute atomic E-state index is 13.0. The van der Waals surface area contributed by atoms with Crippen LogP contribution in [-0.2, 0) is 9.59 Å². The Labute approximate surface area is 150 Å². The Kier molecular flexibility index (Phi) is 6.36. The first-order valence-electron chi connectivity index (χ1n) is 7.57. The molecule has 0 fully saturated rings. The van der Waals surface area contributed by atoms with Crippen molar-refractivity contribution in [1.82, 2.24) is 5.32 Å². The van der Waals surface area contributed by atoms with Gasteiger partial charge in [-0.2, -0.15) is 0 Å². The third kappa shape index (κ3) is 5.46. The molecule has 2 N–H and O–H groups in total. The summed E-state index contributed by atoms with van der Waals surface area (Å²) >= 11 is 5.62. The van der Waals surface area contributed by atoms with Gasteiger partial charge in [0.25, 0.3) is 5.91 Å². The number of ether oxygens (including phenoxy) is 1. The van der Waals surface area contributed by atoms with Gasteiger partial charge in [-0.15, -0.1) is 0 Å². The fourth-order valence-electron chi connectivity index (χ4n) is 2.03. The first-order chi connectivity index (χ1) is 11.9. The zero-order valence-electron chi connectivity index (χ0n) is 13.9. The molecule has 2 aromatic rings. The lowest BCUT2D eigenvalue weighted by Gasteiger charge is -2.11. The lowest BCUT2D eigenvalue weighted by atomic mass is 10.1. The fraction of sp³-hybridized carbons (Fsp3) is 0.222. The minimum Gasteiger partial charge on any atom is -0.484 e. The van der Waals surface area contributed by atoms with Crippen LogP contribution in [-0.4, -0.2) is 25.0 Å². The minimum absolute atomic E-state index is 0.0918. The van der Waals surface area contributed by atoms with Gasteiger partial charge >= 0.3 is 0 Å². The third-order valence-corrected chi connectivity index (χ3v) is 3.88. The van der Waals surface area contributed by atoms with Gasteiger partial charge in [-0.05, 0) is 43.2 Å². The average molecular weight is 365 g/mol. The van der Waals surface area contributed by atoms with Crippen LogP contribution in [0.2, 0.25) is 5.02 Å². The molecular formula is C18H18ClFN2O3. The van der Waals surface area contributed by atoms with Crippen LogP contribution < -0.4 is 15.4 Å². The first kappa shape index (κ1) is 18.7. The van der Waals surface area contributed by atoms with Gasteiger partial charge in [0.1, 0.15) is 11.6 Å². The number of carbonyl (C=O) groups excluding carboxylic acids is 2. The van der Waals surface area contributed by atoms with Gasteiger partial charge in [0.15, 0.2) is 6.61 Å². The van der Waals surface area contributed by atoms with Gasteiger partial charge in [-0.1, -0.05) is 23.7 Å². The number of hydrogen-bond donors (Lipinski definition) is 2. The van der Waals surface area contributed by atoms with E-state index in [0.717, 1.165) is 17.2 Å². The Balaban J connectivity index is 1.78. The monoisotopic (exact) mass is 364 g/mol. The number of hydrogen-bond acceptors (Lipinski definition) is 3. The van der Waals surface area contributed by atoms with E-state index in [1.165, 1.54) is 12.1 Å². The van der Waals surface area contributed by atoms with Gasteiger partial charge < -0.3 is 15.4 Å². The van der Waals surface area contributed by atoms with Crippen LogP contribution in [0, 0.1) is 19.7 Å². The molecular weight excluding hydrogens is 347 g/mol. The summed E-state index contributed by atoms with van der Waals surface area (Å²) in [6.07, 6.45) is 0. The number of halogens is 2. The summed E-state index contributed by atoms with van der Waals surface area (Å²) in [5, 5.41) is 5.10. The lowest BCUT2D eigenvalue weighted by molar-refractivity contribution is -0.125. The van der Waals surface area contributed by atoms with Crippen LogP contribution in [0.5, 0.6) is 5.75 Å². The second-order valence-corrected chi connectivity index (χ2v) is 5.84. The molecule has 0 bridgehead atoms. The number of benzene rings is 2. The van der Waals surface area contributed by atoms with Crippen molar-refractivity contribution >= 4 is 29.1 Å². The second-order valence-electron chi connectivity index (χ2n) is 5.44. The number of rotatable bonds is 6. The Morgan fingerprint density at radius 2 is 1.92 bits per heavy atom. The molecule has 0 spiro atoms. The van der Waals surface area contributed by atoms with E-state index in [0.29, 0.717) is 5.69 Å². The van der Waals surface area contributed by atoms with Crippen molar-refractivity contribution in [3.63, 3.8) is 0 Å². The predicted octanol–water partition coefficient (Wildman–Crippen LogP) is 3.23. The lowest BCUT2D eigenvalue weighted by Crippen LogP contribution is -2.35. The van der Waals surface area contributed by atoms with Crippen molar-refractivity contribution in [3.05, 3.63) is 58.4 Å². The Hall–Kier alpha value is -2.60. The highest BCUT2D eigenvalue weighted by molar-refractivity contribution is 6.30. The largest absolute Gasteiger partial charge is 0.484 e. The summed E-state index contributed by atoms with van der Waals surface area (Å²) in [6, 6.07) is 9.37. The molecule has 5 nitrogen and oxygen atoms in total. The van der Waals surface area contributed by atoms with Crippen molar-refractivity contribution in [2.24, 2.45) is 0 Å². The van der Waals surface area contributed by atoms with Gasteiger partial charge in [0, 0.05) is 11.8 Å². The average Bonchev–Trinajstić information content (AvgIpc) is 2.58. The van der Waals surface area contributed by atoms with Crippen molar-refractivity contribution in [2.45, 2.75) is 13.8 Å². The van der Waals surface area contributed by atoms with E-state index in [9.17, 15) is 14.0 Å². The maximum Gasteiger partial charge on any atom is 0.258 e. The van der Waals surface area contributed by atoms with Crippen molar-refractivity contribution in [3.8, 4) is 5.75 Å². The topological polar surface area (TPSA) is 67.4 Å². The van der Waals surface area contributed by atoms with Crippen molar-refractivity contribution in [1.29, 1.82) is 0 Å². The van der Waals surface area contributed by atoms with E-state index in [1.54, 1.807) is 6.07 Å². The Bertz CT molecular complexity index is 796. The van der Waals surface area contributed by atoms with Gasteiger partial charge in [0.2, 0.25) is 5.91 Å². The van der Waals surface area contributed by atoms with E-state index in [1.807, 2.05) is 26.0 Å². The van der Waals surface area contributed by atoms with Crippen LogP contribution in [0.4, 0.5) is 10.1 Å². The third-order valence-electron chi connectivity index (χ3n) is 3.59. The molecule has 0 radical (unpaired) electrons. The molecule has 0 atom stereocenters. The van der Waals surface area contributed by atoms with Crippen LogP contribution in [0.3, 0.4) is 0 Å². The molecule has 0 aliphatic rings. The fourth-order valence-corrected chi connectivity index (χ4v) is 2.20. The molecule has 0 aromatic heterocycles. The highest BCUT2D eigenvalue weighted by Crippen LogP contribution is 2.21. The van der Waals surface area contributed by atoms with Crippen LogP contribution in [0.25, 0.3) is 0 Å². The highest BCUT2D eigenvalue weighted by Gasteiger charge is 2.09. The highest BCUT2D eigenvalue weighted by atomic mass is 35.5. The summed E-state index contributed by atoms with van der Waals surface area (Å²) < 4.78 is 18.2. The van der Waals surface area contributed by atoms with Crippen molar-refractivity contribution < 1.29 is 18.7 Å². The molecule has 25 heavy (non-hydrogen) atoms. The molecule has 2 aromatic carbocycles. The standard InChI is InChI=1S/C18H18ClFN2O3/c1-11-4-3-5-16(12(11)2)22-17(23)9-21-18(24)10-25-13-6-7-15(20)14(19)8-13/h3-8H,9-10H2,1-2H3,(H,21,24)(H,22,23). The predicted molar refractivity (Wildman–Crippen MR) is 94.5 cm³/mol. The number of nitrogens with one attached hydrogen (secondary N) is 2. The van der Waals surface area contributed by atoms with E-state index in [2.05, 4.69) is 10.6 Å². The Morgan fingerprint density at radius 1 is 1.16 bits per heavy atom. The number of aryl methyl sites for hydroxylation is 1. The number of anilines is 1. The van der Waals surface area contributed by atoms with Gasteiger partial charge in [-0.3, -0.25) is 9.59 Å². The van der Waals surface area contributed by atoms with E-state index < -0.39 is 11.7 Å².